The van der Waals surface area contributed by atoms with Gasteiger partial charge >= 0.3 is 0 Å². The van der Waals surface area contributed by atoms with Crippen molar-refractivity contribution in [1.82, 2.24) is 9.55 Å². The van der Waals surface area contributed by atoms with E-state index < -0.39 is 15.4 Å². The van der Waals surface area contributed by atoms with Crippen LogP contribution in [0.1, 0.15) is 37.6 Å². The number of primary sulfonamides is 1. The molecule has 0 amide bonds. The molecule has 5 nitrogen and oxygen atoms in total. The molecule has 0 aliphatic rings. The Balaban J connectivity index is 2.01. The molecule has 0 aliphatic carbocycles. The van der Waals surface area contributed by atoms with Gasteiger partial charge in [0.2, 0.25) is 10.0 Å². The van der Waals surface area contributed by atoms with Crippen LogP contribution in [0.3, 0.4) is 0 Å². The topological polar surface area (TPSA) is 78.0 Å². The molecule has 2 aromatic carbocycles. The second-order valence-electron chi connectivity index (χ2n) is 8.53. The van der Waals surface area contributed by atoms with Gasteiger partial charge in [-0.25, -0.2) is 22.9 Å². The molecular formula is C26H25Cl3FN3O2S2. The maximum Gasteiger partial charge on any atom is 0.238 e. The normalized spacial score (nSPS) is 13.2. The molecule has 196 valence electrons. The lowest BCUT2D eigenvalue weighted by atomic mass is 9.81. The Morgan fingerprint density at radius 1 is 1.14 bits per heavy atom. The Morgan fingerprint density at radius 2 is 1.86 bits per heavy atom. The van der Waals surface area contributed by atoms with Crippen LogP contribution < -0.4 is 5.14 Å². The number of halogens is 4. The average Bonchev–Trinajstić information content (AvgIpc) is 3.23. The number of imidazole rings is 1. The minimum absolute atomic E-state index is 0.0590. The zero-order valence-corrected chi connectivity index (χ0v) is 24.2. The number of nitrogens with zero attached hydrogens (tertiary/aromatic N) is 2. The van der Waals surface area contributed by atoms with Gasteiger partial charge in [-0.2, -0.15) is 0 Å². The lowest BCUT2D eigenvalue weighted by Crippen LogP contribution is -2.22. The zero-order chi connectivity index (χ0) is 27.4. The highest BCUT2D eigenvalue weighted by Crippen LogP contribution is 2.37. The molecule has 0 unspecified atom stereocenters. The molecule has 3 aromatic rings. The van der Waals surface area contributed by atoms with E-state index in [2.05, 4.69) is 4.98 Å². The molecule has 0 saturated carbocycles. The third-order valence-electron chi connectivity index (χ3n) is 5.57. The summed E-state index contributed by atoms with van der Waals surface area (Å²) in [6.45, 7) is 5.79. The van der Waals surface area contributed by atoms with Gasteiger partial charge in [-0.1, -0.05) is 78.6 Å². The Kier molecular flexibility index (Phi) is 9.72. The summed E-state index contributed by atoms with van der Waals surface area (Å²) in [7, 11) is -3.86. The molecule has 0 spiro atoms. The van der Waals surface area contributed by atoms with Crippen molar-refractivity contribution in [2.75, 3.05) is 0 Å². The first-order valence-corrected chi connectivity index (χ1v) is 14.6. The van der Waals surface area contributed by atoms with E-state index in [1.54, 1.807) is 43.6 Å². The van der Waals surface area contributed by atoms with E-state index in [0.29, 0.717) is 26.5 Å². The van der Waals surface area contributed by atoms with Gasteiger partial charge in [0, 0.05) is 22.4 Å². The van der Waals surface area contributed by atoms with Gasteiger partial charge < -0.3 is 0 Å². The van der Waals surface area contributed by atoms with Gasteiger partial charge in [-0.05, 0) is 60.5 Å². The van der Waals surface area contributed by atoms with Crippen molar-refractivity contribution in [2.24, 2.45) is 5.14 Å². The fraction of sp³-hybridized carbons (Fsp3) is 0.192. The molecule has 0 atom stereocenters. The molecule has 0 aliphatic heterocycles. The first-order valence-electron chi connectivity index (χ1n) is 11.0. The van der Waals surface area contributed by atoms with Crippen LogP contribution in [0.25, 0.3) is 6.20 Å². The van der Waals surface area contributed by atoms with Crippen LogP contribution >= 0.6 is 46.6 Å². The predicted molar refractivity (Wildman–Crippen MR) is 153 cm³/mol. The molecule has 11 heteroatoms. The van der Waals surface area contributed by atoms with Gasteiger partial charge in [0.25, 0.3) is 0 Å². The maximum absolute atomic E-state index is 13.9. The average molecular weight is 601 g/mol. The van der Waals surface area contributed by atoms with Gasteiger partial charge in [0.15, 0.2) is 5.16 Å². The standard InChI is InChI=1S/C26H25Cl3FN3O2S2/c1-4-6-19(30)7-5-12-33-24(26(2,3)18-9-11-21(27)23(29)13-18)15-32-25(33)36-16-17-8-10-20(14-22(17)28)37(31,34)35/h4-15H,16H2,1-3H3,(H2,31,34,35)/b6-4-,12-5+,19-7+. The van der Waals surface area contributed by atoms with E-state index in [9.17, 15) is 12.8 Å². The van der Waals surface area contributed by atoms with Crippen LogP contribution in [0.15, 0.2) is 82.8 Å². The fourth-order valence-corrected chi connectivity index (χ4v) is 5.68. The van der Waals surface area contributed by atoms with Crippen LogP contribution in [0, 0.1) is 0 Å². The number of thioether (sulfide) groups is 1. The fourth-order valence-electron chi connectivity index (χ4n) is 3.49. The summed E-state index contributed by atoms with van der Waals surface area (Å²) < 4.78 is 39.0. The van der Waals surface area contributed by atoms with Crippen molar-refractivity contribution < 1.29 is 12.8 Å². The van der Waals surface area contributed by atoms with Crippen molar-refractivity contribution >= 4 is 62.8 Å². The Labute approximate surface area is 235 Å². The van der Waals surface area contributed by atoms with Crippen LogP contribution in [0.5, 0.6) is 0 Å². The van der Waals surface area contributed by atoms with E-state index in [0.717, 1.165) is 11.3 Å². The Bertz CT molecular complexity index is 1500. The second-order valence-corrected chi connectivity index (χ2v) is 12.3. The van der Waals surface area contributed by atoms with Crippen molar-refractivity contribution in [1.29, 1.82) is 0 Å². The number of aromatic nitrogens is 2. The van der Waals surface area contributed by atoms with Crippen molar-refractivity contribution in [3.63, 3.8) is 0 Å². The van der Waals surface area contributed by atoms with Gasteiger partial charge in [0.05, 0.1) is 26.8 Å². The quantitative estimate of drug-likeness (QED) is 0.199. The van der Waals surface area contributed by atoms with Crippen molar-refractivity contribution in [3.8, 4) is 0 Å². The molecule has 1 heterocycles. The van der Waals surface area contributed by atoms with Gasteiger partial charge in [-0.15, -0.1) is 0 Å². The number of nitrogens with two attached hydrogens (primary N) is 1. The molecule has 1 aromatic heterocycles. The first kappa shape index (κ1) is 29.5. The summed E-state index contributed by atoms with van der Waals surface area (Å²) in [6, 6.07) is 9.82. The van der Waals surface area contributed by atoms with E-state index in [4.69, 9.17) is 39.9 Å². The lowest BCUT2D eigenvalue weighted by molar-refractivity contribution is 0.597. The minimum atomic E-state index is -3.86. The largest absolute Gasteiger partial charge is 0.298 e. The molecule has 3 rings (SSSR count). The number of sulfonamides is 1. The summed E-state index contributed by atoms with van der Waals surface area (Å²) in [5.41, 5.74) is 1.93. The third kappa shape index (κ3) is 7.28. The number of hydrogen-bond acceptors (Lipinski definition) is 4. The molecular weight excluding hydrogens is 576 g/mol. The van der Waals surface area contributed by atoms with Gasteiger partial charge in [-0.3, -0.25) is 4.57 Å². The minimum Gasteiger partial charge on any atom is -0.298 e. The van der Waals surface area contributed by atoms with Crippen LogP contribution in [-0.4, -0.2) is 18.0 Å². The highest BCUT2D eigenvalue weighted by Gasteiger charge is 2.29. The summed E-state index contributed by atoms with van der Waals surface area (Å²) in [4.78, 5) is 4.55. The zero-order valence-electron chi connectivity index (χ0n) is 20.3. The highest BCUT2D eigenvalue weighted by molar-refractivity contribution is 7.98. The monoisotopic (exact) mass is 599 g/mol. The maximum atomic E-state index is 13.9. The predicted octanol–water partition coefficient (Wildman–Crippen LogP) is 8.01. The molecule has 0 saturated heterocycles. The van der Waals surface area contributed by atoms with E-state index in [1.165, 1.54) is 36.0 Å². The second kappa shape index (κ2) is 12.2. The van der Waals surface area contributed by atoms with E-state index in [-0.39, 0.29) is 15.7 Å². The summed E-state index contributed by atoms with van der Waals surface area (Å²) in [6.07, 6.45) is 9.42. The molecule has 2 N–H and O–H groups in total. The Morgan fingerprint density at radius 3 is 2.49 bits per heavy atom. The molecule has 0 bridgehead atoms. The van der Waals surface area contributed by atoms with Crippen LogP contribution in [0.2, 0.25) is 15.1 Å². The van der Waals surface area contributed by atoms with Crippen molar-refractivity contribution in [2.45, 2.75) is 42.0 Å². The number of hydrogen-bond donors (Lipinski definition) is 1. The molecule has 0 fully saturated rings. The summed E-state index contributed by atoms with van der Waals surface area (Å²) in [5, 5.41) is 7.00. The first-order chi connectivity index (χ1) is 17.3. The van der Waals surface area contributed by atoms with Gasteiger partial charge in [0.1, 0.15) is 5.83 Å². The van der Waals surface area contributed by atoms with E-state index in [1.807, 2.05) is 30.5 Å². The number of benzene rings is 2. The van der Waals surface area contributed by atoms with Crippen LogP contribution in [0.4, 0.5) is 4.39 Å². The lowest BCUT2D eigenvalue weighted by Gasteiger charge is -2.26. The smallest absolute Gasteiger partial charge is 0.238 e. The van der Waals surface area contributed by atoms with Crippen molar-refractivity contribution in [3.05, 3.63) is 105 Å². The number of rotatable bonds is 9. The summed E-state index contributed by atoms with van der Waals surface area (Å²) in [5.74, 6) is 0.0179. The highest BCUT2D eigenvalue weighted by atomic mass is 35.5. The number of allylic oxidation sites excluding steroid dienone is 5. The summed E-state index contributed by atoms with van der Waals surface area (Å²) >= 11 is 20.1. The van der Waals surface area contributed by atoms with E-state index >= 15 is 0 Å². The molecule has 37 heavy (non-hydrogen) atoms. The Hall–Kier alpha value is -2.07. The van der Waals surface area contributed by atoms with Crippen LogP contribution in [-0.2, 0) is 21.2 Å². The third-order valence-corrected chi connectivity index (χ3v) is 8.59. The molecule has 0 radical (unpaired) electrons. The SMILES string of the molecule is C\C=C/C(F)=C\C=C\n1c(C(C)(C)c2ccc(Cl)c(Cl)c2)cnc1SCc1ccc(S(N)(=O)=O)cc1Cl.